The van der Waals surface area contributed by atoms with Gasteiger partial charge >= 0.3 is 6.36 Å². The van der Waals surface area contributed by atoms with Gasteiger partial charge in [0.15, 0.2) is 17.8 Å². The van der Waals surface area contributed by atoms with Gasteiger partial charge < -0.3 is 25.0 Å². The molecule has 1 aliphatic heterocycles. The van der Waals surface area contributed by atoms with Crippen LogP contribution >= 0.6 is 0 Å². The second-order valence-electron chi connectivity index (χ2n) is 9.27. The van der Waals surface area contributed by atoms with E-state index in [-0.39, 0.29) is 37.7 Å². The molecule has 0 radical (unpaired) electrons. The number of nitrogens with zero attached hydrogens (tertiary/aromatic N) is 7. The minimum absolute atomic E-state index is 0.142. The number of benzene rings is 1. The fourth-order valence-electron chi connectivity index (χ4n) is 4.20. The Morgan fingerprint density at radius 1 is 1.12 bits per heavy atom. The van der Waals surface area contributed by atoms with Crippen molar-refractivity contribution in [2.24, 2.45) is 0 Å². The van der Waals surface area contributed by atoms with Gasteiger partial charge in [-0.3, -0.25) is 19.6 Å². The summed E-state index contributed by atoms with van der Waals surface area (Å²) in [5, 5.41) is 31.0. The van der Waals surface area contributed by atoms with E-state index in [1.54, 1.807) is 36.1 Å². The van der Waals surface area contributed by atoms with Gasteiger partial charge in [0.05, 0.1) is 24.1 Å². The van der Waals surface area contributed by atoms with Crippen LogP contribution in [0.5, 0.6) is 5.75 Å². The molecule has 41 heavy (non-hydrogen) atoms. The number of nitrogens with one attached hydrogen (secondary N) is 2. The number of para-hydroxylation sites is 2. The van der Waals surface area contributed by atoms with Crippen molar-refractivity contribution in [1.82, 2.24) is 35.4 Å². The minimum atomic E-state index is -4.86. The Kier molecular flexibility index (Phi) is 9.67. The number of aryl methyl sites for hydroxylation is 2. The number of halogens is 3. The van der Waals surface area contributed by atoms with E-state index in [1.165, 1.54) is 28.0 Å². The molecule has 1 saturated heterocycles. The fraction of sp³-hybridized carbons (Fsp3) is 0.440. The predicted octanol–water partition coefficient (Wildman–Crippen LogP) is 1.49. The first-order valence-electron chi connectivity index (χ1n) is 12.9. The molecule has 3 N–H and O–H groups in total. The van der Waals surface area contributed by atoms with E-state index in [2.05, 4.69) is 35.9 Å². The Morgan fingerprint density at radius 2 is 1.93 bits per heavy atom. The van der Waals surface area contributed by atoms with Crippen LogP contribution in [0.4, 0.5) is 24.7 Å². The van der Waals surface area contributed by atoms with Crippen molar-refractivity contribution in [2.75, 3.05) is 43.4 Å². The van der Waals surface area contributed by atoms with E-state index in [0.717, 1.165) is 18.5 Å². The molecule has 4 rings (SSSR count). The standard InChI is InChI=1S/C25H30F3N9O4/c1-29-24(40)18-14-37(34-32-18)11-5-4-6-17-9-10-21(33-31-17)30-22(38)15-36-13-12-35(16-23(36)39)19-7-2-3-8-20(19)41-25(26,27)28/h2-3,7-10,14,24,29,40H,4-6,11-13,15-16H2,1H3,(H,30,33,38). The van der Waals surface area contributed by atoms with Gasteiger partial charge in [0.2, 0.25) is 11.8 Å². The maximum absolute atomic E-state index is 12.7. The summed E-state index contributed by atoms with van der Waals surface area (Å²) in [6.07, 6.45) is -1.76. The summed E-state index contributed by atoms with van der Waals surface area (Å²) in [7, 11) is 1.62. The number of unbranched alkanes of at least 4 members (excludes halogenated alkanes) is 1. The van der Waals surface area contributed by atoms with Crippen molar-refractivity contribution in [3.05, 3.63) is 54.0 Å². The van der Waals surface area contributed by atoms with Crippen LogP contribution in [0.2, 0.25) is 0 Å². The quantitative estimate of drug-likeness (QED) is 0.213. The number of carbonyl (C=O) groups is 2. The minimum Gasteiger partial charge on any atom is -0.404 e. The van der Waals surface area contributed by atoms with Gasteiger partial charge in [0.1, 0.15) is 12.2 Å². The molecule has 0 saturated carbocycles. The molecule has 0 aliphatic carbocycles. The number of hydrogen-bond acceptors (Lipinski definition) is 10. The second-order valence-corrected chi connectivity index (χ2v) is 9.27. The van der Waals surface area contributed by atoms with Gasteiger partial charge in [-0.05, 0) is 50.6 Å². The first-order chi connectivity index (χ1) is 19.6. The number of carbonyl (C=O) groups excluding carboxylic acids is 2. The lowest BCUT2D eigenvalue weighted by Gasteiger charge is -2.35. The lowest BCUT2D eigenvalue weighted by molar-refractivity contribution is -0.274. The van der Waals surface area contributed by atoms with Crippen molar-refractivity contribution >= 4 is 23.3 Å². The molecule has 3 aromatic rings. The SMILES string of the molecule is CNC(O)c1cn(CCCCc2ccc(NC(=O)CN3CCN(c4ccccc4OC(F)(F)F)CC3=O)nn2)nn1. The van der Waals surface area contributed by atoms with E-state index >= 15 is 0 Å². The zero-order valence-electron chi connectivity index (χ0n) is 22.2. The highest BCUT2D eigenvalue weighted by molar-refractivity contribution is 5.94. The molecule has 1 atom stereocenters. The van der Waals surface area contributed by atoms with Gasteiger partial charge in [-0.15, -0.1) is 23.4 Å². The zero-order valence-corrected chi connectivity index (χ0v) is 22.2. The second kappa shape index (κ2) is 13.4. The molecular weight excluding hydrogens is 547 g/mol. The highest BCUT2D eigenvalue weighted by Gasteiger charge is 2.34. The Morgan fingerprint density at radius 3 is 2.63 bits per heavy atom. The number of ether oxygens (including phenoxy) is 1. The van der Waals surface area contributed by atoms with Crippen molar-refractivity contribution in [3.8, 4) is 5.75 Å². The summed E-state index contributed by atoms with van der Waals surface area (Å²) in [5.74, 6) is -1.03. The summed E-state index contributed by atoms with van der Waals surface area (Å²) in [6.45, 7) is 0.568. The fourth-order valence-corrected chi connectivity index (χ4v) is 4.20. The third-order valence-electron chi connectivity index (χ3n) is 6.25. The topological polar surface area (TPSA) is 151 Å². The Balaban J connectivity index is 1.20. The van der Waals surface area contributed by atoms with Crippen LogP contribution in [0.15, 0.2) is 42.6 Å². The maximum atomic E-state index is 12.7. The predicted molar refractivity (Wildman–Crippen MR) is 140 cm³/mol. The molecule has 1 unspecified atom stereocenters. The number of piperazine rings is 1. The number of rotatable bonds is 12. The van der Waals surface area contributed by atoms with Crippen LogP contribution in [0.25, 0.3) is 0 Å². The maximum Gasteiger partial charge on any atom is 0.573 e. The summed E-state index contributed by atoms with van der Waals surface area (Å²) in [6, 6.07) is 8.98. The first kappa shape index (κ1) is 29.7. The molecule has 2 amide bonds. The Bertz CT molecular complexity index is 1320. The molecule has 0 bridgehead atoms. The molecule has 1 fully saturated rings. The van der Waals surface area contributed by atoms with E-state index in [1.807, 2.05) is 0 Å². The Labute approximate surface area is 233 Å². The third-order valence-corrected chi connectivity index (χ3v) is 6.25. The number of aliphatic hydroxyl groups excluding tert-OH is 1. The number of alkyl halides is 3. The number of anilines is 2. The molecule has 2 aromatic heterocycles. The first-order valence-corrected chi connectivity index (χ1v) is 12.9. The van der Waals surface area contributed by atoms with Crippen LogP contribution in [-0.2, 0) is 22.6 Å². The van der Waals surface area contributed by atoms with Gasteiger partial charge in [-0.25, -0.2) is 0 Å². The van der Waals surface area contributed by atoms with Crippen LogP contribution in [0, 0.1) is 0 Å². The largest absolute Gasteiger partial charge is 0.573 e. The van der Waals surface area contributed by atoms with Crippen molar-refractivity contribution in [3.63, 3.8) is 0 Å². The van der Waals surface area contributed by atoms with Crippen molar-refractivity contribution in [1.29, 1.82) is 0 Å². The van der Waals surface area contributed by atoms with Crippen LogP contribution in [0.1, 0.15) is 30.5 Å². The van der Waals surface area contributed by atoms with Crippen LogP contribution in [0.3, 0.4) is 0 Å². The number of amides is 2. The van der Waals surface area contributed by atoms with Crippen molar-refractivity contribution < 1.29 is 32.6 Å². The average molecular weight is 578 g/mol. The summed E-state index contributed by atoms with van der Waals surface area (Å²) >= 11 is 0. The molecule has 3 heterocycles. The van der Waals surface area contributed by atoms with Gasteiger partial charge in [0, 0.05) is 19.6 Å². The van der Waals surface area contributed by atoms with E-state index in [4.69, 9.17) is 0 Å². The number of hydrogen-bond donors (Lipinski definition) is 3. The van der Waals surface area contributed by atoms with Crippen LogP contribution in [-0.4, -0.2) is 86.6 Å². The highest BCUT2D eigenvalue weighted by Crippen LogP contribution is 2.33. The van der Waals surface area contributed by atoms with Gasteiger partial charge in [-0.2, -0.15) is 5.10 Å². The van der Waals surface area contributed by atoms with E-state index < -0.39 is 30.2 Å². The lowest BCUT2D eigenvalue weighted by Crippen LogP contribution is -2.52. The van der Waals surface area contributed by atoms with Crippen LogP contribution < -0.4 is 20.3 Å². The summed E-state index contributed by atoms with van der Waals surface area (Å²) < 4.78 is 44.0. The number of aromatic nitrogens is 5. The molecule has 13 nitrogen and oxygen atoms in total. The summed E-state index contributed by atoms with van der Waals surface area (Å²) in [5.41, 5.74) is 1.34. The zero-order chi connectivity index (χ0) is 29.4. The molecule has 16 heteroatoms. The number of aliphatic hydroxyl groups is 1. The van der Waals surface area contributed by atoms with Gasteiger partial charge in [-0.1, -0.05) is 17.3 Å². The molecule has 1 aromatic carbocycles. The summed E-state index contributed by atoms with van der Waals surface area (Å²) in [4.78, 5) is 28.0. The molecule has 1 aliphatic rings. The molecule has 220 valence electrons. The lowest BCUT2D eigenvalue weighted by atomic mass is 10.2. The monoisotopic (exact) mass is 577 g/mol. The van der Waals surface area contributed by atoms with E-state index in [0.29, 0.717) is 18.7 Å². The molecule has 0 spiro atoms. The van der Waals surface area contributed by atoms with E-state index in [9.17, 15) is 27.9 Å². The highest BCUT2D eigenvalue weighted by atomic mass is 19.4. The smallest absolute Gasteiger partial charge is 0.404 e. The third kappa shape index (κ3) is 8.59. The van der Waals surface area contributed by atoms with Gasteiger partial charge in [0.25, 0.3) is 0 Å². The normalized spacial score (nSPS) is 14.7. The average Bonchev–Trinajstić information content (AvgIpc) is 3.41. The Hall–Kier alpha value is -4.31. The molecular formula is C25H30F3N9O4. The van der Waals surface area contributed by atoms with Crippen molar-refractivity contribution in [2.45, 2.75) is 38.4 Å².